The average molecular weight is 315 g/mol. The van der Waals surface area contributed by atoms with Crippen molar-refractivity contribution in [3.8, 4) is 0 Å². The minimum atomic E-state index is -0.129. The van der Waals surface area contributed by atoms with E-state index in [0.717, 1.165) is 30.4 Å². The van der Waals surface area contributed by atoms with Crippen LogP contribution in [0.5, 0.6) is 0 Å². The number of rotatable bonds is 7. The van der Waals surface area contributed by atoms with Crippen LogP contribution in [-0.4, -0.2) is 55.3 Å². The predicted octanol–water partition coefficient (Wildman–Crippen LogP) is 2.73. The average Bonchev–Trinajstić information content (AvgIpc) is 2.36. The lowest BCUT2D eigenvalue weighted by atomic mass is 9.95. The SMILES string of the molecule is Cc1c(Cl)nc(C(C)(C)C)nc1NCCOCCN(C)C. The van der Waals surface area contributed by atoms with Crippen LogP contribution in [0.2, 0.25) is 5.15 Å². The Morgan fingerprint density at radius 3 is 2.43 bits per heavy atom. The Hall–Kier alpha value is -0.910. The van der Waals surface area contributed by atoms with Crippen LogP contribution in [0.1, 0.15) is 32.2 Å². The van der Waals surface area contributed by atoms with Crippen molar-refractivity contribution < 1.29 is 4.74 Å². The monoisotopic (exact) mass is 314 g/mol. The standard InChI is InChI=1S/C15H27ClN4O/c1-11-12(16)18-14(15(2,3)4)19-13(11)17-7-9-21-10-8-20(5)6/h7-10H2,1-6H3,(H,17,18,19). The molecule has 0 saturated carbocycles. The van der Waals surface area contributed by atoms with Crippen molar-refractivity contribution in [1.29, 1.82) is 0 Å². The van der Waals surface area contributed by atoms with Gasteiger partial charge in [0.05, 0.1) is 13.2 Å². The number of nitrogens with one attached hydrogen (secondary N) is 1. The predicted molar refractivity (Wildman–Crippen MR) is 88.3 cm³/mol. The third-order valence-electron chi connectivity index (χ3n) is 2.98. The summed E-state index contributed by atoms with van der Waals surface area (Å²) in [6, 6.07) is 0. The van der Waals surface area contributed by atoms with Crippen molar-refractivity contribution >= 4 is 17.4 Å². The van der Waals surface area contributed by atoms with Crippen LogP contribution in [0.15, 0.2) is 0 Å². The van der Waals surface area contributed by atoms with Gasteiger partial charge in [0.1, 0.15) is 16.8 Å². The zero-order valence-corrected chi connectivity index (χ0v) is 14.7. The Balaban J connectivity index is 2.56. The molecule has 21 heavy (non-hydrogen) atoms. The highest BCUT2D eigenvalue weighted by molar-refractivity contribution is 6.30. The highest BCUT2D eigenvalue weighted by Crippen LogP contribution is 2.25. The van der Waals surface area contributed by atoms with Gasteiger partial charge in [-0.2, -0.15) is 0 Å². The van der Waals surface area contributed by atoms with Crippen molar-refractivity contribution in [1.82, 2.24) is 14.9 Å². The number of likely N-dealkylation sites (N-methyl/N-ethyl adjacent to an activating group) is 1. The topological polar surface area (TPSA) is 50.3 Å². The Morgan fingerprint density at radius 1 is 1.19 bits per heavy atom. The molecule has 120 valence electrons. The van der Waals surface area contributed by atoms with E-state index in [4.69, 9.17) is 16.3 Å². The van der Waals surface area contributed by atoms with Gasteiger partial charge in [0.25, 0.3) is 0 Å². The molecule has 6 heteroatoms. The minimum absolute atomic E-state index is 0.129. The maximum Gasteiger partial charge on any atom is 0.137 e. The molecular formula is C15H27ClN4O. The second-order valence-corrected chi connectivity index (χ2v) is 6.76. The number of ether oxygens (including phenoxy) is 1. The molecule has 0 fully saturated rings. The molecule has 0 aromatic carbocycles. The van der Waals surface area contributed by atoms with Gasteiger partial charge in [0, 0.05) is 24.1 Å². The van der Waals surface area contributed by atoms with Gasteiger partial charge in [-0.25, -0.2) is 9.97 Å². The smallest absolute Gasteiger partial charge is 0.137 e. The molecule has 0 atom stereocenters. The lowest BCUT2D eigenvalue weighted by Crippen LogP contribution is -2.21. The Labute approximate surface area is 133 Å². The fraction of sp³-hybridized carbons (Fsp3) is 0.733. The van der Waals surface area contributed by atoms with E-state index in [2.05, 4.69) is 41.0 Å². The van der Waals surface area contributed by atoms with E-state index in [9.17, 15) is 0 Å². The molecular weight excluding hydrogens is 288 g/mol. The van der Waals surface area contributed by atoms with Gasteiger partial charge in [-0.3, -0.25) is 0 Å². The van der Waals surface area contributed by atoms with E-state index in [1.807, 2.05) is 21.0 Å². The van der Waals surface area contributed by atoms with Crippen LogP contribution in [0.4, 0.5) is 5.82 Å². The third-order valence-corrected chi connectivity index (χ3v) is 3.35. The van der Waals surface area contributed by atoms with Crippen LogP contribution in [0.25, 0.3) is 0 Å². The zero-order chi connectivity index (χ0) is 16.0. The molecule has 0 unspecified atom stereocenters. The summed E-state index contributed by atoms with van der Waals surface area (Å²) in [5.74, 6) is 1.53. The maximum atomic E-state index is 6.19. The number of anilines is 1. The van der Waals surface area contributed by atoms with Crippen molar-refractivity contribution in [3.63, 3.8) is 0 Å². The van der Waals surface area contributed by atoms with Crippen molar-refractivity contribution in [3.05, 3.63) is 16.5 Å². The third kappa shape index (κ3) is 6.16. The largest absolute Gasteiger partial charge is 0.378 e. The lowest BCUT2D eigenvalue weighted by Gasteiger charge is -2.19. The van der Waals surface area contributed by atoms with E-state index in [-0.39, 0.29) is 5.41 Å². The second kappa shape index (κ2) is 7.92. The Morgan fingerprint density at radius 2 is 1.86 bits per heavy atom. The zero-order valence-electron chi connectivity index (χ0n) is 14.0. The molecule has 0 radical (unpaired) electrons. The molecule has 0 bridgehead atoms. The van der Waals surface area contributed by atoms with Gasteiger partial charge in [0.2, 0.25) is 0 Å². The number of aromatic nitrogens is 2. The summed E-state index contributed by atoms with van der Waals surface area (Å²) in [7, 11) is 4.06. The van der Waals surface area contributed by atoms with Gasteiger partial charge in [-0.1, -0.05) is 32.4 Å². The van der Waals surface area contributed by atoms with Gasteiger partial charge in [-0.05, 0) is 21.0 Å². The van der Waals surface area contributed by atoms with E-state index >= 15 is 0 Å². The summed E-state index contributed by atoms with van der Waals surface area (Å²) in [6.45, 7) is 11.1. The molecule has 0 aliphatic rings. The van der Waals surface area contributed by atoms with E-state index in [0.29, 0.717) is 18.3 Å². The van der Waals surface area contributed by atoms with E-state index in [1.54, 1.807) is 0 Å². The first-order chi connectivity index (χ1) is 9.71. The van der Waals surface area contributed by atoms with Crippen molar-refractivity contribution in [2.75, 3.05) is 45.7 Å². The first-order valence-electron chi connectivity index (χ1n) is 7.22. The summed E-state index contributed by atoms with van der Waals surface area (Å²) in [4.78, 5) is 11.0. The van der Waals surface area contributed by atoms with Gasteiger partial charge < -0.3 is 15.0 Å². The van der Waals surface area contributed by atoms with Gasteiger partial charge in [-0.15, -0.1) is 0 Å². The maximum absolute atomic E-state index is 6.19. The van der Waals surface area contributed by atoms with Crippen molar-refractivity contribution in [2.24, 2.45) is 0 Å². The normalized spacial score (nSPS) is 12.0. The highest BCUT2D eigenvalue weighted by atomic mass is 35.5. The fourth-order valence-electron chi connectivity index (χ4n) is 1.59. The van der Waals surface area contributed by atoms with Crippen LogP contribution in [-0.2, 0) is 10.2 Å². The summed E-state index contributed by atoms with van der Waals surface area (Å²) >= 11 is 6.19. The molecule has 1 heterocycles. The summed E-state index contributed by atoms with van der Waals surface area (Å²) in [5, 5.41) is 3.79. The number of hydrogen-bond donors (Lipinski definition) is 1. The summed E-state index contributed by atoms with van der Waals surface area (Å²) < 4.78 is 5.55. The van der Waals surface area contributed by atoms with Crippen LogP contribution < -0.4 is 5.32 Å². The molecule has 0 aliphatic heterocycles. The van der Waals surface area contributed by atoms with Crippen LogP contribution in [0, 0.1) is 6.92 Å². The molecule has 5 nitrogen and oxygen atoms in total. The number of nitrogens with zero attached hydrogens (tertiary/aromatic N) is 3. The Kier molecular flexibility index (Phi) is 6.84. The first kappa shape index (κ1) is 18.1. The summed E-state index contributed by atoms with van der Waals surface area (Å²) in [5.41, 5.74) is 0.744. The lowest BCUT2D eigenvalue weighted by molar-refractivity contribution is 0.126. The molecule has 0 amide bonds. The molecule has 1 rings (SSSR count). The Bertz CT molecular complexity index is 458. The van der Waals surface area contributed by atoms with E-state index < -0.39 is 0 Å². The molecule has 0 spiro atoms. The number of halogens is 1. The van der Waals surface area contributed by atoms with Gasteiger partial charge >= 0.3 is 0 Å². The minimum Gasteiger partial charge on any atom is -0.378 e. The molecule has 1 N–H and O–H groups in total. The molecule has 1 aromatic heterocycles. The van der Waals surface area contributed by atoms with Crippen LogP contribution in [0.3, 0.4) is 0 Å². The highest BCUT2D eigenvalue weighted by Gasteiger charge is 2.20. The summed E-state index contributed by atoms with van der Waals surface area (Å²) in [6.07, 6.45) is 0. The molecule has 1 aromatic rings. The van der Waals surface area contributed by atoms with Crippen molar-refractivity contribution in [2.45, 2.75) is 33.1 Å². The van der Waals surface area contributed by atoms with Crippen LogP contribution >= 0.6 is 11.6 Å². The quantitative estimate of drug-likeness (QED) is 0.619. The number of hydrogen-bond acceptors (Lipinski definition) is 5. The second-order valence-electron chi connectivity index (χ2n) is 6.40. The van der Waals surface area contributed by atoms with E-state index in [1.165, 1.54) is 0 Å². The fourth-order valence-corrected chi connectivity index (χ4v) is 1.76. The molecule has 0 saturated heterocycles. The first-order valence-corrected chi connectivity index (χ1v) is 7.60. The van der Waals surface area contributed by atoms with Gasteiger partial charge in [0.15, 0.2) is 0 Å². The molecule has 0 aliphatic carbocycles.